The Kier molecular flexibility index (Phi) is 6.95. The molecule has 0 bridgehead atoms. The number of carbonyl (C=O) groups is 1. The summed E-state index contributed by atoms with van der Waals surface area (Å²) < 4.78 is 16.8. The molecular weight excluding hydrogens is 558 g/mol. The first-order valence-corrected chi connectivity index (χ1v) is 10.8. The molecule has 2 unspecified atom stereocenters. The van der Waals surface area contributed by atoms with E-state index >= 15 is 0 Å². The Bertz CT molecular complexity index is 955. The highest BCUT2D eigenvalue weighted by Gasteiger charge is 2.33. The summed E-state index contributed by atoms with van der Waals surface area (Å²) in [5.41, 5.74) is 2.66. The van der Waals surface area contributed by atoms with Gasteiger partial charge >= 0.3 is 5.95 Å². The minimum atomic E-state index is -0.557. The lowest BCUT2D eigenvalue weighted by Crippen LogP contribution is -2.19. The highest BCUT2D eigenvalue weighted by atomic mass is 79.9. The van der Waals surface area contributed by atoms with Crippen molar-refractivity contribution < 1.29 is 18.8 Å². The number of Topliss-reactive ketones (excluding diaryl/α,β-unsaturated/α-hetero) is 1. The molecular formula is C20H16Br3NO4. The molecule has 0 saturated heterocycles. The summed E-state index contributed by atoms with van der Waals surface area (Å²) in [6.07, 6.45) is 0. The van der Waals surface area contributed by atoms with Crippen molar-refractivity contribution in [2.45, 2.75) is 9.65 Å². The van der Waals surface area contributed by atoms with Crippen LogP contribution >= 0.6 is 47.8 Å². The van der Waals surface area contributed by atoms with Crippen molar-refractivity contribution in [3.63, 3.8) is 0 Å². The van der Waals surface area contributed by atoms with Gasteiger partial charge in [0.1, 0.15) is 11.4 Å². The minimum absolute atomic E-state index is 0.0710. The third kappa shape index (κ3) is 4.34. The first-order valence-electron chi connectivity index (χ1n) is 8.22. The van der Waals surface area contributed by atoms with Crippen LogP contribution in [-0.4, -0.2) is 30.0 Å². The van der Waals surface area contributed by atoms with Crippen LogP contribution in [0.15, 0.2) is 57.5 Å². The normalized spacial score (nSPS) is 13.0. The van der Waals surface area contributed by atoms with Crippen molar-refractivity contribution in [2.24, 2.45) is 0 Å². The smallest absolute Gasteiger partial charge is 0.315 e. The van der Waals surface area contributed by atoms with Gasteiger partial charge < -0.3 is 14.0 Å². The van der Waals surface area contributed by atoms with Crippen molar-refractivity contribution in [2.75, 3.05) is 14.2 Å². The van der Waals surface area contributed by atoms with Crippen molar-refractivity contribution in [1.29, 1.82) is 0 Å². The fourth-order valence-corrected chi connectivity index (χ4v) is 4.12. The molecule has 2 atom stereocenters. The van der Waals surface area contributed by atoms with E-state index in [0.717, 1.165) is 15.8 Å². The Hall–Kier alpha value is -1.64. The molecule has 1 aromatic heterocycles. The summed E-state index contributed by atoms with van der Waals surface area (Å²) >= 11 is 10.5. The van der Waals surface area contributed by atoms with Crippen LogP contribution < -0.4 is 9.47 Å². The van der Waals surface area contributed by atoms with Crippen LogP contribution in [0.2, 0.25) is 0 Å². The number of aromatic nitrogens is 1. The van der Waals surface area contributed by atoms with Crippen LogP contribution in [0.25, 0.3) is 11.3 Å². The summed E-state index contributed by atoms with van der Waals surface area (Å²) in [5, 5.41) is 4.15. The topological polar surface area (TPSA) is 61.6 Å². The van der Waals surface area contributed by atoms with E-state index < -0.39 is 9.65 Å². The van der Waals surface area contributed by atoms with Crippen molar-refractivity contribution in [3.8, 4) is 23.0 Å². The summed E-state index contributed by atoms with van der Waals surface area (Å²) in [5.74, 6) is 0.916. The Labute approximate surface area is 187 Å². The molecule has 28 heavy (non-hydrogen) atoms. The maximum absolute atomic E-state index is 12.9. The van der Waals surface area contributed by atoms with E-state index in [4.69, 9.17) is 14.0 Å². The molecule has 3 rings (SSSR count). The molecule has 0 saturated carbocycles. The Balaban J connectivity index is 1.95. The average molecular weight is 574 g/mol. The van der Waals surface area contributed by atoms with Crippen molar-refractivity contribution in [1.82, 2.24) is 5.16 Å². The number of ether oxygens (including phenoxy) is 2. The van der Waals surface area contributed by atoms with E-state index in [1.807, 2.05) is 36.4 Å². The maximum atomic E-state index is 12.9. The zero-order chi connectivity index (χ0) is 20.3. The Morgan fingerprint density at radius 2 is 1.64 bits per heavy atom. The molecule has 0 N–H and O–H groups in total. The highest BCUT2D eigenvalue weighted by Crippen LogP contribution is 2.44. The molecule has 0 aliphatic carbocycles. The van der Waals surface area contributed by atoms with Crippen molar-refractivity contribution in [3.05, 3.63) is 64.1 Å². The summed E-state index contributed by atoms with van der Waals surface area (Å²) in [4.78, 5) is 11.9. The van der Waals surface area contributed by atoms with Crippen LogP contribution in [0.3, 0.4) is 0 Å². The largest absolute Gasteiger partial charge is 0.497 e. The number of hydrogen-bond donors (Lipinski definition) is 0. The number of carbonyl (C=O) groups excluding carboxylic acids is 1. The fraction of sp³-hybridized carbons (Fsp3) is 0.200. The summed E-state index contributed by atoms with van der Waals surface area (Å²) in [7, 11) is 3.11. The molecule has 1 heterocycles. The van der Waals surface area contributed by atoms with Gasteiger partial charge in [-0.25, -0.2) is 0 Å². The lowest BCUT2D eigenvalue weighted by molar-refractivity contribution is 0.0990. The Morgan fingerprint density at radius 3 is 2.21 bits per heavy atom. The second kappa shape index (κ2) is 9.24. The predicted molar refractivity (Wildman–Crippen MR) is 118 cm³/mol. The molecule has 0 spiro atoms. The van der Waals surface area contributed by atoms with Crippen LogP contribution in [0.1, 0.15) is 20.7 Å². The van der Waals surface area contributed by atoms with E-state index in [1.54, 1.807) is 19.2 Å². The van der Waals surface area contributed by atoms with Gasteiger partial charge in [-0.2, -0.15) is 0 Å². The average Bonchev–Trinajstić information content (AvgIpc) is 3.16. The second-order valence-electron chi connectivity index (χ2n) is 5.84. The van der Waals surface area contributed by atoms with Crippen LogP contribution in [-0.2, 0) is 0 Å². The van der Waals surface area contributed by atoms with Crippen LogP contribution in [0.4, 0.5) is 0 Å². The number of halogens is 3. The molecule has 0 aliphatic heterocycles. The van der Waals surface area contributed by atoms with E-state index in [-0.39, 0.29) is 11.7 Å². The molecule has 0 fully saturated rings. The highest BCUT2D eigenvalue weighted by molar-refractivity contribution is 9.12. The number of rotatable bonds is 7. The molecule has 2 aromatic carbocycles. The number of hydrogen-bond acceptors (Lipinski definition) is 5. The lowest BCUT2D eigenvalue weighted by atomic mass is 10.00. The van der Waals surface area contributed by atoms with Gasteiger partial charge in [0.15, 0.2) is 5.78 Å². The van der Waals surface area contributed by atoms with Crippen LogP contribution in [0, 0.1) is 0 Å². The van der Waals surface area contributed by atoms with E-state index in [9.17, 15) is 4.79 Å². The SMILES string of the molecule is COc1ccc(-c2noc(OC)c2C(Br)C(Br)C(=O)c2ccc(Br)cc2)cc1. The number of alkyl halides is 2. The Morgan fingerprint density at radius 1 is 1.00 bits per heavy atom. The number of nitrogens with zero attached hydrogens (tertiary/aromatic N) is 1. The molecule has 0 amide bonds. The van der Waals surface area contributed by atoms with Crippen molar-refractivity contribution >= 4 is 53.6 Å². The number of methoxy groups -OCH3 is 2. The number of benzene rings is 2. The fourth-order valence-electron chi connectivity index (χ4n) is 2.68. The molecule has 8 heteroatoms. The third-order valence-electron chi connectivity index (χ3n) is 4.16. The van der Waals surface area contributed by atoms with E-state index in [1.165, 1.54) is 7.11 Å². The summed E-state index contributed by atoms with van der Waals surface area (Å²) in [6.45, 7) is 0. The quantitative estimate of drug-likeness (QED) is 0.249. The standard InChI is InChI=1S/C20H16Br3NO4/c1-26-14-9-5-11(6-10-14)18-15(20(27-2)28-24-18)16(22)17(23)19(25)12-3-7-13(21)8-4-12/h3-10,16-17H,1-2H3. The van der Waals surface area contributed by atoms with Gasteiger partial charge in [-0.05, 0) is 36.4 Å². The van der Waals surface area contributed by atoms with E-state index in [2.05, 4.69) is 52.9 Å². The second-order valence-corrected chi connectivity index (χ2v) is 8.73. The molecule has 146 valence electrons. The first kappa shape index (κ1) is 21.1. The van der Waals surface area contributed by atoms with E-state index in [0.29, 0.717) is 16.8 Å². The maximum Gasteiger partial charge on any atom is 0.315 e. The summed E-state index contributed by atoms with van der Waals surface area (Å²) in [6, 6.07) is 14.6. The zero-order valence-corrected chi connectivity index (χ0v) is 19.7. The first-order chi connectivity index (χ1) is 13.5. The number of ketones is 1. The predicted octanol–water partition coefficient (Wildman–Crippen LogP) is 6.20. The van der Waals surface area contributed by atoms with Gasteiger partial charge in [-0.3, -0.25) is 4.79 Å². The molecule has 5 nitrogen and oxygen atoms in total. The molecule has 0 aliphatic rings. The van der Waals surface area contributed by atoms with Gasteiger partial charge in [-0.15, -0.1) is 0 Å². The zero-order valence-electron chi connectivity index (χ0n) is 15.0. The van der Waals surface area contributed by atoms with Gasteiger partial charge in [0.2, 0.25) is 0 Å². The van der Waals surface area contributed by atoms with Gasteiger partial charge in [-0.1, -0.05) is 65.1 Å². The monoisotopic (exact) mass is 571 g/mol. The minimum Gasteiger partial charge on any atom is -0.497 e. The van der Waals surface area contributed by atoms with Gasteiger partial charge in [0.05, 0.1) is 29.4 Å². The molecule has 0 radical (unpaired) electrons. The van der Waals surface area contributed by atoms with Gasteiger partial charge in [0, 0.05) is 15.6 Å². The lowest BCUT2D eigenvalue weighted by Gasteiger charge is -2.16. The van der Waals surface area contributed by atoms with Crippen LogP contribution in [0.5, 0.6) is 11.7 Å². The van der Waals surface area contributed by atoms with Gasteiger partial charge in [0.25, 0.3) is 0 Å². The molecule has 3 aromatic rings. The third-order valence-corrected chi connectivity index (χ3v) is 7.32.